The minimum absolute atomic E-state index is 0.0686. The predicted octanol–water partition coefficient (Wildman–Crippen LogP) is 4.35. The van der Waals surface area contributed by atoms with Crippen LogP contribution in [-0.2, 0) is 0 Å². The number of anilines is 1. The molecule has 1 heterocycles. The van der Waals surface area contributed by atoms with Crippen molar-refractivity contribution in [2.75, 3.05) is 11.9 Å². The molecule has 0 aliphatic rings. The van der Waals surface area contributed by atoms with Crippen LogP contribution in [0, 0.1) is 5.82 Å². The average Bonchev–Trinajstić information content (AvgIpc) is 2.48. The van der Waals surface area contributed by atoms with Crippen LogP contribution < -0.4 is 10.1 Å². The van der Waals surface area contributed by atoms with Gasteiger partial charge in [0, 0.05) is 6.54 Å². The van der Waals surface area contributed by atoms with Gasteiger partial charge in [-0.3, -0.25) is 0 Å². The van der Waals surface area contributed by atoms with Gasteiger partial charge in [-0.15, -0.1) is 0 Å². The van der Waals surface area contributed by atoms with Crippen LogP contribution in [-0.4, -0.2) is 16.5 Å². The molecule has 0 saturated heterocycles. The van der Waals surface area contributed by atoms with E-state index in [1.165, 1.54) is 5.56 Å². The Labute approximate surface area is 124 Å². The van der Waals surface area contributed by atoms with Gasteiger partial charge in [0.1, 0.15) is 5.75 Å². The molecule has 0 aliphatic heterocycles. The lowest BCUT2D eigenvalue weighted by atomic mass is 10.0. The van der Waals surface area contributed by atoms with Gasteiger partial charge in [-0.2, -0.15) is 9.37 Å². The van der Waals surface area contributed by atoms with Crippen LogP contribution in [0.25, 0.3) is 0 Å². The molecule has 0 fully saturated rings. The molecule has 21 heavy (non-hydrogen) atoms. The highest BCUT2D eigenvalue weighted by Crippen LogP contribution is 2.25. The lowest BCUT2D eigenvalue weighted by Crippen LogP contribution is -2.05. The zero-order chi connectivity index (χ0) is 15.2. The molecule has 5 heteroatoms. The summed E-state index contributed by atoms with van der Waals surface area (Å²) in [4.78, 5) is 7.92. The molecular formula is C16H20FN3O. The van der Waals surface area contributed by atoms with E-state index in [-0.39, 0.29) is 5.88 Å². The molecule has 0 radical (unpaired) electrons. The van der Waals surface area contributed by atoms with Gasteiger partial charge in [0.2, 0.25) is 11.8 Å². The smallest absolute Gasteiger partial charge is 0.260 e. The van der Waals surface area contributed by atoms with Crippen LogP contribution in [0.2, 0.25) is 0 Å². The maximum absolute atomic E-state index is 13.7. The molecule has 112 valence electrons. The number of halogens is 1. The third-order valence-corrected chi connectivity index (χ3v) is 3.01. The Kier molecular flexibility index (Phi) is 5.09. The Bertz CT molecular complexity index is 585. The molecule has 0 saturated carbocycles. The fourth-order valence-electron chi connectivity index (χ4n) is 1.78. The number of hydrogen-bond donors (Lipinski definition) is 1. The minimum Gasteiger partial charge on any atom is -0.436 e. The van der Waals surface area contributed by atoms with Gasteiger partial charge in [-0.25, -0.2) is 4.98 Å². The first kappa shape index (κ1) is 15.2. The molecule has 0 amide bonds. The van der Waals surface area contributed by atoms with E-state index < -0.39 is 5.82 Å². The second-order valence-corrected chi connectivity index (χ2v) is 5.10. The Morgan fingerprint density at radius 1 is 1.24 bits per heavy atom. The van der Waals surface area contributed by atoms with Crippen LogP contribution in [0.15, 0.2) is 30.5 Å². The van der Waals surface area contributed by atoms with E-state index in [0.29, 0.717) is 17.6 Å². The average molecular weight is 289 g/mol. The molecule has 0 atom stereocenters. The quantitative estimate of drug-likeness (QED) is 0.858. The van der Waals surface area contributed by atoms with Gasteiger partial charge in [0.05, 0.1) is 6.20 Å². The van der Waals surface area contributed by atoms with Gasteiger partial charge in [0.15, 0.2) is 0 Å². The van der Waals surface area contributed by atoms with E-state index in [2.05, 4.69) is 29.1 Å². The maximum atomic E-state index is 13.7. The van der Waals surface area contributed by atoms with Crippen LogP contribution in [0.3, 0.4) is 0 Å². The summed E-state index contributed by atoms with van der Waals surface area (Å²) in [5, 5.41) is 3.00. The minimum atomic E-state index is -0.579. The van der Waals surface area contributed by atoms with E-state index in [1.54, 1.807) is 0 Å². The monoisotopic (exact) mass is 289 g/mol. The molecule has 0 spiro atoms. The summed E-state index contributed by atoms with van der Waals surface area (Å²) in [6.07, 6.45) is 2.05. The first-order valence-electron chi connectivity index (χ1n) is 7.14. The summed E-state index contributed by atoms with van der Waals surface area (Å²) < 4.78 is 19.2. The van der Waals surface area contributed by atoms with Gasteiger partial charge >= 0.3 is 0 Å². The van der Waals surface area contributed by atoms with E-state index in [1.807, 2.05) is 31.2 Å². The third kappa shape index (κ3) is 4.15. The summed E-state index contributed by atoms with van der Waals surface area (Å²) in [7, 11) is 0. The Morgan fingerprint density at radius 2 is 1.95 bits per heavy atom. The van der Waals surface area contributed by atoms with Crippen molar-refractivity contribution in [1.29, 1.82) is 0 Å². The molecule has 1 aromatic carbocycles. The molecule has 0 unspecified atom stereocenters. The van der Waals surface area contributed by atoms with E-state index in [4.69, 9.17) is 4.74 Å². The van der Waals surface area contributed by atoms with Gasteiger partial charge in [-0.1, -0.05) is 32.9 Å². The van der Waals surface area contributed by atoms with Crippen LogP contribution in [0.1, 0.15) is 38.7 Å². The normalized spacial score (nSPS) is 10.7. The summed E-state index contributed by atoms with van der Waals surface area (Å²) in [5.74, 6) is 0.719. The number of hydrogen-bond acceptors (Lipinski definition) is 4. The third-order valence-electron chi connectivity index (χ3n) is 3.01. The number of nitrogens with zero attached hydrogens (tertiary/aromatic N) is 2. The molecule has 2 rings (SSSR count). The number of nitrogens with one attached hydrogen (secondary N) is 1. The highest BCUT2D eigenvalue weighted by Gasteiger charge is 2.09. The Morgan fingerprint density at radius 3 is 2.57 bits per heavy atom. The molecule has 1 aromatic heterocycles. The van der Waals surface area contributed by atoms with Crippen molar-refractivity contribution in [2.45, 2.75) is 33.1 Å². The zero-order valence-electron chi connectivity index (χ0n) is 12.6. The summed E-state index contributed by atoms with van der Waals surface area (Å²) in [6.45, 7) is 7.00. The fourth-order valence-corrected chi connectivity index (χ4v) is 1.78. The van der Waals surface area contributed by atoms with Crippen molar-refractivity contribution in [2.24, 2.45) is 0 Å². The SMILES string of the molecule is CCCNc1ncc(F)c(Oc2ccc(C(C)C)cc2)n1. The molecule has 0 aliphatic carbocycles. The zero-order valence-corrected chi connectivity index (χ0v) is 12.6. The van der Waals surface area contributed by atoms with Gasteiger partial charge in [-0.05, 0) is 30.0 Å². The van der Waals surface area contributed by atoms with Crippen molar-refractivity contribution in [1.82, 2.24) is 9.97 Å². The first-order valence-corrected chi connectivity index (χ1v) is 7.14. The Balaban J connectivity index is 2.14. The summed E-state index contributed by atoms with van der Waals surface area (Å²) in [5.41, 5.74) is 1.20. The number of ether oxygens (including phenoxy) is 1. The van der Waals surface area contributed by atoms with Gasteiger partial charge < -0.3 is 10.1 Å². The van der Waals surface area contributed by atoms with Crippen molar-refractivity contribution in [3.8, 4) is 11.6 Å². The maximum Gasteiger partial charge on any atom is 0.260 e. The summed E-state index contributed by atoms with van der Waals surface area (Å²) in [6, 6.07) is 7.57. The standard InChI is InChI=1S/C16H20FN3O/c1-4-9-18-16-19-10-14(17)15(20-16)21-13-7-5-12(6-8-13)11(2)3/h5-8,10-11H,4,9H2,1-3H3,(H,18,19,20). The van der Waals surface area contributed by atoms with Crippen molar-refractivity contribution in [3.05, 3.63) is 41.8 Å². The van der Waals surface area contributed by atoms with Crippen molar-refractivity contribution in [3.63, 3.8) is 0 Å². The first-order chi connectivity index (χ1) is 10.1. The molecule has 2 aromatic rings. The fraction of sp³-hybridized carbons (Fsp3) is 0.375. The second kappa shape index (κ2) is 7.02. The Hall–Kier alpha value is -2.17. The lowest BCUT2D eigenvalue weighted by molar-refractivity contribution is 0.420. The lowest BCUT2D eigenvalue weighted by Gasteiger charge is -2.09. The van der Waals surface area contributed by atoms with Crippen molar-refractivity contribution >= 4 is 5.95 Å². The van der Waals surface area contributed by atoms with Crippen molar-refractivity contribution < 1.29 is 9.13 Å². The van der Waals surface area contributed by atoms with Gasteiger partial charge in [0.25, 0.3) is 5.88 Å². The summed E-state index contributed by atoms with van der Waals surface area (Å²) >= 11 is 0. The molecular weight excluding hydrogens is 269 g/mol. The van der Waals surface area contributed by atoms with E-state index in [0.717, 1.165) is 19.2 Å². The van der Waals surface area contributed by atoms with Crippen LogP contribution >= 0.6 is 0 Å². The molecule has 0 bridgehead atoms. The highest BCUT2D eigenvalue weighted by molar-refractivity contribution is 5.34. The second-order valence-electron chi connectivity index (χ2n) is 5.10. The van der Waals surface area contributed by atoms with Crippen LogP contribution in [0.5, 0.6) is 11.6 Å². The predicted molar refractivity (Wildman–Crippen MR) is 81.4 cm³/mol. The molecule has 4 nitrogen and oxygen atoms in total. The number of rotatable bonds is 6. The largest absolute Gasteiger partial charge is 0.436 e. The number of aromatic nitrogens is 2. The van der Waals surface area contributed by atoms with E-state index >= 15 is 0 Å². The van der Waals surface area contributed by atoms with Crippen LogP contribution in [0.4, 0.5) is 10.3 Å². The molecule has 1 N–H and O–H groups in total. The number of benzene rings is 1. The topological polar surface area (TPSA) is 47.0 Å². The highest BCUT2D eigenvalue weighted by atomic mass is 19.1. The van der Waals surface area contributed by atoms with E-state index in [9.17, 15) is 4.39 Å².